The van der Waals surface area contributed by atoms with Crippen LogP contribution in [0.15, 0.2) is 29.3 Å². The second kappa shape index (κ2) is 13.2. The van der Waals surface area contributed by atoms with Crippen LogP contribution in [0.25, 0.3) is 0 Å². The number of halogens is 1. The van der Waals surface area contributed by atoms with E-state index in [4.69, 9.17) is 21.1 Å². The fourth-order valence-corrected chi connectivity index (χ4v) is 2.11. The van der Waals surface area contributed by atoms with Gasteiger partial charge < -0.3 is 20.1 Å². The second-order valence-electron chi connectivity index (χ2n) is 5.03. The number of benzene rings is 1. The van der Waals surface area contributed by atoms with Gasteiger partial charge in [-0.25, -0.2) is 4.99 Å². The van der Waals surface area contributed by atoms with Gasteiger partial charge in [-0.05, 0) is 31.4 Å². The molecule has 5 nitrogen and oxygen atoms in total. The summed E-state index contributed by atoms with van der Waals surface area (Å²) < 4.78 is 10.4. The van der Waals surface area contributed by atoms with Crippen molar-refractivity contribution >= 4 is 17.6 Å². The van der Waals surface area contributed by atoms with Crippen LogP contribution in [0.5, 0.6) is 0 Å². The lowest BCUT2D eigenvalue weighted by atomic mass is 10.2. The van der Waals surface area contributed by atoms with Crippen molar-refractivity contribution < 1.29 is 9.47 Å². The van der Waals surface area contributed by atoms with Crippen LogP contribution < -0.4 is 10.6 Å². The molecule has 1 aromatic rings. The molecule has 0 amide bonds. The lowest BCUT2D eigenvalue weighted by Crippen LogP contribution is -2.37. The van der Waals surface area contributed by atoms with Crippen LogP contribution in [0.2, 0.25) is 5.02 Å². The van der Waals surface area contributed by atoms with Gasteiger partial charge in [-0.1, -0.05) is 29.8 Å². The van der Waals surface area contributed by atoms with Crippen molar-refractivity contribution in [3.8, 4) is 0 Å². The van der Waals surface area contributed by atoms with Crippen molar-refractivity contribution in [3.63, 3.8) is 0 Å². The van der Waals surface area contributed by atoms with E-state index in [9.17, 15) is 0 Å². The molecule has 1 rings (SSSR count). The zero-order valence-corrected chi connectivity index (χ0v) is 14.9. The van der Waals surface area contributed by atoms with Gasteiger partial charge in [-0.3, -0.25) is 0 Å². The minimum Gasteiger partial charge on any atom is -0.382 e. The molecule has 0 spiro atoms. The molecule has 0 bridgehead atoms. The van der Waals surface area contributed by atoms with Gasteiger partial charge in [0.2, 0.25) is 0 Å². The lowest BCUT2D eigenvalue weighted by molar-refractivity contribution is 0.0689. The standard InChI is InChI=1S/C17H28ClN3O2/c1-3-19-17(20-10-6-7-11-23-13-12-22-2)21-14-15-8-4-5-9-16(15)18/h4-5,8-9H,3,6-7,10-14H2,1-2H3,(H2,19,20,21). The third-order valence-electron chi connectivity index (χ3n) is 3.15. The van der Waals surface area contributed by atoms with Gasteiger partial charge in [0.05, 0.1) is 19.8 Å². The Bertz CT molecular complexity index is 455. The molecule has 0 saturated carbocycles. The molecule has 0 aliphatic carbocycles. The van der Waals surface area contributed by atoms with Crippen molar-refractivity contribution in [2.24, 2.45) is 4.99 Å². The maximum absolute atomic E-state index is 6.15. The molecule has 23 heavy (non-hydrogen) atoms. The minimum absolute atomic E-state index is 0.565. The molecule has 0 unspecified atom stereocenters. The van der Waals surface area contributed by atoms with Crippen LogP contribution in [0.3, 0.4) is 0 Å². The number of nitrogens with one attached hydrogen (secondary N) is 2. The Kier molecular flexibility index (Phi) is 11.3. The molecule has 0 atom stereocenters. The average molecular weight is 342 g/mol. The molecule has 130 valence electrons. The minimum atomic E-state index is 0.565. The van der Waals surface area contributed by atoms with E-state index in [1.165, 1.54) is 0 Å². The maximum Gasteiger partial charge on any atom is 0.191 e. The molecule has 1 aromatic carbocycles. The van der Waals surface area contributed by atoms with Crippen molar-refractivity contribution in [1.82, 2.24) is 10.6 Å². The summed E-state index contributed by atoms with van der Waals surface area (Å²) in [5.74, 6) is 0.813. The number of hydrogen-bond acceptors (Lipinski definition) is 3. The van der Waals surface area contributed by atoms with E-state index in [2.05, 4.69) is 22.5 Å². The fraction of sp³-hybridized carbons (Fsp3) is 0.588. The zero-order chi connectivity index (χ0) is 16.8. The molecule has 0 aromatic heterocycles. The van der Waals surface area contributed by atoms with Gasteiger partial charge in [0, 0.05) is 31.8 Å². The number of nitrogens with zero attached hydrogens (tertiary/aromatic N) is 1. The molecule has 0 aliphatic rings. The highest BCUT2D eigenvalue weighted by atomic mass is 35.5. The summed E-state index contributed by atoms with van der Waals surface area (Å²) in [4.78, 5) is 4.57. The van der Waals surface area contributed by atoms with Crippen LogP contribution >= 0.6 is 11.6 Å². The Hall–Kier alpha value is -1.30. The first-order valence-corrected chi connectivity index (χ1v) is 8.48. The number of aliphatic imine (C=N–C) groups is 1. The molecular weight excluding hydrogens is 314 g/mol. The van der Waals surface area contributed by atoms with Crippen molar-refractivity contribution in [2.75, 3.05) is 40.0 Å². The Morgan fingerprint density at radius 3 is 2.70 bits per heavy atom. The van der Waals surface area contributed by atoms with E-state index in [-0.39, 0.29) is 0 Å². The topological polar surface area (TPSA) is 54.9 Å². The monoisotopic (exact) mass is 341 g/mol. The van der Waals surface area contributed by atoms with E-state index in [1.54, 1.807) is 7.11 Å². The molecular formula is C17H28ClN3O2. The Balaban J connectivity index is 2.26. The SMILES string of the molecule is CCNC(=NCc1ccccc1Cl)NCCCCOCCOC. The number of hydrogen-bond donors (Lipinski definition) is 2. The quantitative estimate of drug-likeness (QED) is 0.369. The normalized spacial score (nSPS) is 11.5. The van der Waals surface area contributed by atoms with Gasteiger partial charge in [-0.15, -0.1) is 0 Å². The zero-order valence-electron chi connectivity index (χ0n) is 14.1. The van der Waals surface area contributed by atoms with Gasteiger partial charge in [-0.2, -0.15) is 0 Å². The van der Waals surface area contributed by atoms with Gasteiger partial charge in [0.15, 0.2) is 5.96 Å². The summed E-state index contributed by atoms with van der Waals surface area (Å²) in [6, 6.07) is 7.78. The average Bonchev–Trinajstić information content (AvgIpc) is 2.56. The Morgan fingerprint density at radius 1 is 1.13 bits per heavy atom. The van der Waals surface area contributed by atoms with Crippen molar-refractivity contribution in [2.45, 2.75) is 26.3 Å². The molecule has 0 fully saturated rings. The summed E-state index contributed by atoms with van der Waals surface area (Å²) in [6.07, 6.45) is 2.05. The van der Waals surface area contributed by atoms with Gasteiger partial charge in [0.1, 0.15) is 0 Å². The summed E-state index contributed by atoms with van der Waals surface area (Å²) >= 11 is 6.15. The Morgan fingerprint density at radius 2 is 1.96 bits per heavy atom. The molecule has 0 aliphatic heterocycles. The van der Waals surface area contributed by atoms with Crippen LogP contribution in [-0.2, 0) is 16.0 Å². The first kappa shape index (κ1) is 19.7. The van der Waals surface area contributed by atoms with E-state index >= 15 is 0 Å². The smallest absolute Gasteiger partial charge is 0.191 e. The number of ether oxygens (including phenoxy) is 2. The Labute approximate surface area is 144 Å². The predicted octanol–water partition coefficient (Wildman–Crippen LogP) is 2.84. The number of unbranched alkanes of at least 4 members (excludes halogenated alkanes) is 1. The largest absolute Gasteiger partial charge is 0.382 e. The van der Waals surface area contributed by atoms with Gasteiger partial charge >= 0.3 is 0 Å². The summed E-state index contributed by atoms with van der Waals surface area (Å²) in [5, 5.41) is 7.32. The number of methoxy groups -OCH3 is 1. The highest BCUT2D eigenvalue weighted by molar-refractivity contribution is 6.31. The highest BCUT2D eigenvalue weighted by Crippen LogP contribution is 2.15. The highest BCUT2D eigenvalue weighted by Gasteiger charge is 2.00. The summed E-state index contributed by atoms with van der Waals surface area (Å²) in [6.45, 7) is 6.38. The third-order valence-corrected chi connectivity index (χ3v) is 3.52. The number of rotatable bonds is 11. The van der Waals surface area contributed by atoms with Crippen LogP contribution in [-0.4, -0.2) is 46.0 Å². The lowest BCUT2D eigenvalue weighted by Gasteiger charge is -2.11. The van der Waals surface area contributed by atoms with E-state index in [1.807, 2.05) is 24.3 Å². The van der Waals surface area contributed by atoms with Crippen LogP contribution in [0.4, 0.5) is 0 Å². The van der Waals surface area contributed by atoms with Crippen LogP contribution in [0.1, 0.15) is 25.3 Å². The molecule has 2 N–H and O–H groups in total. The van der Waals surface area contributed by atoms with Crippen molar-refractivity contribution in [3.05, 3.63) is 34.9 Å². The fourth-order valence-electron chi connectivity index (χ4n) is 1.91. The summed E-state index contributed by atoms with van der Waals surface area (Å²) in [5.41, 5.74) is 1.03. The first-order valence-electron chi connectivity index (χ1n) is 8.10. The van der Waals surface area contributed by atoms with E-state index in [0.717, 1.165) is 49.1 Å². The van der Waals surface area contributed by atoms with Gasteiger partial charge in [0.25, 0.3) is 0 Å². The molecule has 0 heterocycles. The second-order valence-corrected chi connectivity index (χ2v) is 5.43. The predicted molar refractivity (Wildman–Crippen MR) is 96.2 cm³/mol. The molecule has 6 heteroatoms. The van der Waals surface area contributed by atoms with E-state index < -0.39 is 0 Å². The number of guanidine groups is 1. The maximum atomic E-state index is 6.15. The summed E-state index contributed by atoms with van der Waals surface area (Å²) in [7, 11) is 1.68. The molecule has 0 radical (unpaired) electrons. The van der Waals surface area contributed by atoms with Crippen molar-refractivity contribution in [1.29, 1.82) is 0 Å². The van der Waals surface area contributed by atoms with Crippen LogP contribution in [0, 0.1) is 0 Å². The van der Waals surface area contributed by atoms with E-state index in [0.29, 0.717) is 19.8 Å². The molecule has 0 saturated heterocycles. The third kappa shape index (κ3) is 9.43. The first-order chi connectivity index (χ1) is 11.3.